The fraction of sp³-hybridized carbons (Fsp3) is 0.429. The summed E-state index contributed by atoms with van der Waals surface area (Å²) in [6.45, 7) is 0.926. The lowest BCUT2D eigenvalue weighted by molar-refractivity contribution is -0.145. The molecule has 1 aliphatic rings. The monoisotopic (exact) mass is 294 g/mol. The van der Waals surface area contributed by atoms with Crippen molar-refractivity contribution in [2.45, 2.75) is 6.04 Å². The normalized spacial score (nSPS) is 17.0. The van der Waals surface area contributed by atoms with Crippen LogP contribution in [-0.2, 0) is 9.59 Å². The van der Waals surface area contributed by atoms with Crippen molar-refractivity contribution in [3.05, 3.63) is 23.8 Å². The van der Waals surface area contributed by atoms with Crippen LogP contribution in [0.1, 0.15) is 11.6 Å². The first kappa shape index (κ1) is 15.1. The fourth-order valence-electron chi connectivity index (χ4n) is 2.49. The van der Waals surface area contributed by atoms with Gasteiger partial charge in [-0.1, -0.05) is 12.1 Å². The maximum absolute atomic E-state index is 11.7. The van der Waals surface area contributed by atoms with Crippen LogP contribution in [0.5, 0.6) is 11.5 Å². The molecule has 7 heteroatoms. The van der Waals surface area contributed by atoms with Gasteiger partial charge in [0.15, 0.2) is 11.5 Å². The highest BCUT2D eigenvalue weighted by atomic mass is 16.5. The van der Waals surface area contributed by atoms with Gasteiger partial charge in [0, 0.05) is 18.7 Å². The SMILES string of the molecule is COc1cccc(C(C(=O)O)N2CCNC(=O)C2)c1OC. The van der Waals surface area contributed by atoms with Gasteiger partial charge in [0.1, 0.15) is 6.04 Å². The van der Waals surface area contributed by atoms with Crippen molar-refractivity contribution >= 4 is 11.9 Å². The minimum Gasteiger partial charge on any atom is -0.493 e. The van der Waals surface area contributed by atoms with Crippen LogP contribution in [0.4, 0.5) is 0 Å². The number of hydrogen-bond acceptors (Lipinski definition) is 5. The van der Waals surface area contributed by atoms with Crippen molar-refractivity contribution in [2.75, 3.05) is 33.9 Å². The number of piperazine rings is 1. The number of aliphatic carboxylic acids is 1. The lowest BCUT2D eigenvalue weighted by atomic mass is 10.0. The highest BCUT2D eigenvalue weighted by Crippen LogP contribution is 2.37. The highest BCUT2D eigenvalue weighted by molar-refractivity contribution is 5.82. The quantitative estimate of drug-likeness (QED) is 0.810. The second kappa shape index (κ2) is 6.45. The Kier molecular flexibility index (Phi) is 4.64. The number of carboxylic acids is 1. The van der Waals surface area contributed by atoms with Crippen molar-refractivity contribution in [1.29, 1.82) is 0 Å². The summed E-state index contributed by atoms with van der Waals surface area (Å²) in [7, 11) is 2.95. The second-order valence-electron chi connectivity index (χ2n) is 4.64. The van der Waals surface area contributed by atoms with Crippen LogP contribution in [-0.4, -0.2) is 55.7 Å². The van der Waals surface area contributed by atoms with E-state index in [0.29, 0.717) is 30.2 Å². The molecule has 0 radical (unpaired) electrons. The first-order chi connectivity index (χ1) is 10.1. The number of rotatable bonds is 5. The molecule has 1 aromatic carbocycles. The molecule has 1 aromatic rings. The van der Waals surface area contributed by atoms with Crippen molar-refractivity contribution in [2.24, 2.45) is 0 Å². The van der Waals surface area contributed by atoms with Gasteiger partial charge in [0.2, 0.25) is 5.91 Å². The van der Waals surface area contributed by atoms with E-state index in [4.69, 9.17) is 9.47 Å². The van der Waals surface area contributed by atoms with Gasteiger partial charge in [-0.3, -0.25) is 14.5 Å². The Morgan fingerprint density at radius 3 is 2.71 bits per heavy atom. The average Bonchev–Trinajstić information content (AvgIpc) is 2.46. The molecule has 0 bridgehead atoms. The van der Waals surface area contributed by atoms with Crippen molar-refractivity contribution in [3.8, 4) is 11.5 Å². The summed E-state index contributed by atoms with van der Waals surface area (Å²) in [5.41, 5.74) is 0.471. The van der Waals surface area contributed by atoms with Crippen LogP contribution in [0.15, 0.2) is 18.2 Å². The van der Waals surface area contributed by atoms with E-state index in [1.54, 1.807) is 23.1 Å². The summed E-state index contributed by atoms with van der Waals surface area (Å²) in [4.78, 5) is 24.8. The number of ether oxygens (including phenoxy) is 2. The van der Waals surface area contributed by atoms with Crippen molar-refractivity contribution in [1.82, 2.24) is 10.2 Å². The number of nitrogens with one attached hydrogen (secondary N) is 1. The van der Waals surface area contributed by atoms with Gasteiger partial charge in [-0.15, -0.1) is 0 Å². The Labute approximate surface area is 122 Å². The van der Waals surface area contributed by atoms with Crippen molar-refractivity contribution in [3.63, 3.8) is 0 Å². The zero-order valence-corrected chi connectivity index (χ0v) is 12.0. The second-order valence-corrected chi connectivity index (χ2v) is 4.64. The number of carbonyl (C=O) groups excluding carboxylic acids is 1. The van der Waals surface area contributed by atoms with Crippen LogP contribution in [0, 0.1) is 0 Å². The van der Waals surface area contributed by atoms with E-state index in [1.165, 1.54) is 14.2 Å². The Bertz CT molecular complexity index is 546. The number of benzene rings is 1. The minimum atomic E-state index is -1.03. The predicted octanol–water partition coefficient (Wildman–Crippen LogP) is 0.261. The van der Waals surface area contributed by atoms with E-state index in [0.717, 1.165) is 0 Å². The zero-order valence-electron chi connectivity index (χ0n) is 12.0. The predicted molar refractivity (Wildman–Crippen MR) is 74.5 cm³/mol. The van der Waals surface area contributed by atoms with Gasteiger partial charge in [-0.2, -0.15) is 0 Å². The molecule has 2 rings (SSSR count). The Balaban J connectivity index is 2.43. The third-order valence-electron chi connectivity index (χ3n) is 3.39. The number of carboxylic acid groups (broad SMARTS) is 1. The molecular formula is C14H18N2O5. The number of amides is 1. The molecule has 1 fully saturated rings. The number of nitrogens with zero attached hydrogens (tertiary/aromatic N) is 1. The number of methoxy groups -OCH3 is 2. The standard InChI is InChI=1S/C14H18N2O5/c1-20-10-5-3-4-9(13(10)21-2)12(14(18)19)16-7-6-15-11(17)8-16/h3-5,12H,6-8H2,1-2H3,(H,15,17)(H,18,19). The molecule has 7 nitrogen and oxygen atoms in total. The molecule has 0 saturated carbocycles. The van der Waals surface area contributed by atoms with Crippen LogP contribution < -0.4 is 14.8 Å². The van der Waals surface area contributed by atoms with Crippen molar-refractivity contribution < 1.29 is 24.2 Å². The van der Waals surface area contributed by atoms with E-state index >= 15 is 0 Å². The number of para-hydroxylation sites is 1. The zero-order chi connectivity index (χ0) is 15.4. The van der Waals surface area contributed by atoms with Crippen LogP contribution in [0.25, 0.3) is 0 Å². The molecule has 1 saturated heterocycles. The van der Waals surface area contributed by atoms with Crippen LogP contribution >= 0.6 is 0 Å². The van der Waals surface area contributed by atoms with Gasteiger partial charge in [0.25, 0.3) is 0 Å². The molecule has 21 heavy (non-hydrogen) atoms. The average molecular weight is 294 g/mol. The van der Waals surface area contributed by atoms with Gasteiger partial charge in [-0.25, -0.2) is 0 Å². The van der Waals surface area contributed by atoms with Crippen LogP contribution in [0.2, 0.25) is 0 Å². The maximum atomic E-state index is 11.7. The maximum Gasteiger partial charge on any atom is 0.325 e. The molecular weight excluding hydrogens is 276 g/mol. The van der Waals surface area contributed by atoms with E-state index in [1.807, 2.05) is 0 Å². The Morgan fingerprint density at radius 2 is 2.14 bits per heavy atom. The van der Waals surface area contributed by atoms with Gasteiger partial charge in [-0.05, 0) is 6.07 Å². The Morgan fingerprint density at radius 1 is 1.38 bits per heavy atom. The number of hydrogen-bond donors (Lipinski definition) is 2. The molecule has 1 unspecified atom stereocenters. The molecule has 1 aliphatic heterocycles. The van der Waals surface area contributed by atoms with E-state index in [9.17, 15) is 14.7 Å². The van der Waals surface area contributed by atoms with E-state index < -0.39 is 12.0 Å². The number of carbonyl (C=O) groups is 2. The largest absolute Gasteiger partial charge is 0.493 e. The Hall–Kier alpha value is -2.28. The smallest absolute Gasteiger partial charge is 0.325 e. The molecule has 1 heterocycles. The molecule has 0 spiro atoms. The minimum absolute atomic E-state index is 0.0390. The molecule has 1 atom stereocenters. The lowest BCUT2D eigenvalue weighted by Crippen LogP contribution is -2.50. The summed E-state index contributed by atoms with van der Waals surface area (Å²) < 4.78 is 10.5. The van der Waals surface area contributed by atoms with Crippen LogP contribution in [0.3, 0.4) is 0 Å². The topological polar surface area (TPSA) is 88.1 Å². The lowest BCUT2D eigenvalue weighted by Gasteiger charge is -2.32. The molecule has 0 aromatic heterocycles. The third kappa shape index (κ3) is 3.08. The molecule has 114 valence electrons. The molecule has 2 N–H and O–H groups in total. The highest BCUT2D eigenvalue weighted by Gasteiger charge is 2.33. The fourth-order valence-corrected chi connectivity index (χ4v) is 2.49. The summed E-state index contributed by atoms with van der Waals surface area (Å²) in [5, 5.41) is 12.3. The third-order valence-corrected chi connectivity index (χ3v) is 3.39. The summed E-state index contributed by atoms with van der Waals surface area (Å²) in [5.74, 6) is -0.383. The van der Waals surface area contributed by atoms with E-state index in [-0.39, 0.29) is 12.5 Å². The molecule has 0 aliphatic carbocycles. The van der Waals surface area contributed by atoms with E-state index in [2.05, 4.69) is 5.32 Å². The van der Waals surface area contributed by atoms with Gasteiger partial charge in [0.05, 0.1) is 20.8 Å². The van der Waals surface area contributed by atoms with Gasteiger partial charge >= 0.3 is 5.97 Å². The molecule has 1 amide bonds. The summed E-state index contributed by atoms with van der Waals surface area (Å²) in [6, 6.07) is 4.12. The first-order valence-corrected chi connectivity index (χ1v) is 6.53. The first-order valence-electron chi connectivity index (χ1n) is 6.53. The summed E-state index contributed by atoms with van der Waals surface area (Å²) in [6.07, 6.45) is 0. The van der Waals surface area contributed by atoms with Gasteiger partial charge < -0.3 is 19.9 Å². The summed E-state index contributed by atoms with van der Waals surface area (Å²) >= 11 is 0.